The fraction of sp³-hybridized carbons (Fsp3) is 0.980. The molecule has 16 heteroatoms. The molecule has 0 spiro atoms. The van der Waals surface area contributed by atoms with Crippen molar-refractivity contribution in [2.24, 2.45) is 0 Å². The first kappa shape index (κ1) is 63.2. The maximum absolute atomic E-state index is 13.2. The molecule has 1 fully saturated rings. The molecule has 394 valence electrons. The summed E-state index contributed by atoms with van der Waals surface area (Å²) in [7, 11) is -5.29. The Morgan fingerprint density at radius 1 is 0.470 bits per heavy atom. The van der Waals surface area contributed by atoms with Crippen molar-refractivity contribution in [3.8, 4) is 0 Å². The van der Waals surface area contributed by atoms with Crippen LogP contribution in [0, 0.1) is 0 Å². The van der Waals surface area contributed by atoms with Gasteiger partial charge in [-0.2, -0.15) is 0 Å². The highest BCUT2D eigenvalue weighted by atomic mass is 31.2. The maximum Gasteiger partial charge on any atom is 0.472 e. The lowest BCUT2D eigenvalue weighted by Crippen LogP contribution is -2.64. The molecule has 6 unspecified atom stereocenters. The van der Waals surface area contributed by atoms with Crippen LogP contribution in [0.15, 0.2) is 0 Å². The molecule has 0 saturated heterocycles. The Kier molecular flexibility index (Phi) is 38.2. The first-order valence-corrected chi connectivity index (χ1v) is 28.3. The number of phosphoric ester groups is 1. The van der Waals surface area contributed by atoms with Gasteiger partial charge in [0, 0.05) is 0 Å². The minimum atomic E-state index is -5.29. The van der Waals surface area contributed by atoms with Gasteiger partial charge >= 0.3 is 7.82 Å². The summed E-state index contributed by atoms with van der Waals surface area (Å²) in [6, 6.07) is -1.60. The average molecular weight is 970 g/mol. The van der Waals surface area contributed by atoms with Gasteiger partial charge in [-0.15, -0.1) is 0 Å². The summed E-state index contributed by atoms with van der Waals surface area (Å²) in [4.78, 5) is 23.7. The molecular formula is C50H100NO14P. The van der Waals surface area contributed by atoms with Gasteiger partial charge in [0.05, 0.1) is 24.9 Å². The maximum atomic E-state index is 13.2. The number of rotatable bonds is 45. The highest BCUT2D eigenvalue weighted by Crippen LogP contribution is 2.47. The molecule has 1 aliphatic carbocycles. The third-order valence-electron chi connectivity index (χ3n) is 13.5. The Morgan fingerprint density at radius 2 is 0.758 bits per heavy atom. The summed E-state index contributed by atoms with van der Waals surface area (Å²) < 4.78 is 22.9. The number of unbranched alkanes of at least 4 members (excludes halogenated alkanes) is 31. The Bertz CT molecular complexity index is 1170. The number of aliphatic hydroxyl groups is 9. The van der Waals surface area contributed by atoms with Crippen LogP contribution in [0.25, 0.3) is 0 Å². The van der Waals surface area contributed by atoms with Gasteiger partial charge < -0.3 is 56.2 Å². The van der Waals surface area contributed by atoms with Crippen molar-refractivity contribution in [3.05, 3.63) is 0 Å². The van der Waals surface area contributed by atoms with Crippen LogP contribution in [0.4, 0.5) is 0 Å². The van der Waals surface area contributed by atoms with Crippen LogP contribution < -0.4 is 5.32 Å². The standard InChI is InChI=1S/C50H100NO14P/c1-3-5-7-9-11-13-15-17-19-20-21-22-23-25-27-29-31-33-35-37-41(53)43(55)50(61)51-39(38-64-66(62,63)65-49-47(59)45(57)44(56)46(58)48(49)60)42(54)40(52)36-34-32-30-28-26-24-18-16-14-12-10-8-6-4-2/h39-49,52-60H,3-38H2,1-2H3,(H,51,61)(H,62,63)/t39-,40?,41?,42-,43?,44?,45-,46+,47+,48+,49?/m0/s1. The molecule has 0 aromatic rings. The molecule has 11 N–H and O–H groups in total. The van der Waals surface area contributed by atoms with Crippen LogP contribution in [0.1, 0.15) is 239 Å². The van der Waals surface area contributed by atoms with Gasteiger partial charge in [-0.25, -0.2) is 4.57 Å². The second kappa shape index (κ2) is 39.9. The third-order valence-corrected chi connectivity index (χ3v) is 14.5. The highest BCUT2D eigenvalue weighted by molar-refractivity contribution is 7.47. The molecule has 1 rings (SSSR count). The van der Waals surface area contributed by atoms with E-state index in [1.54, 1.807) is 0 Å². The topological polar surface area (TPSA) is 267 Å². The number of hydrogen-bond acceptors (Lipinski definition) is 13. The number of carbonyl (C=O) groups excluding carboxylic acids is 1. The van der Waals surface area contributed by atoms with E-state index in [2.05, 4.69) is 19.2 Å². The second-order valence-corrected chi connectivity index (χ2v) is 20.9. The molecule has 0 aromatic heterocycles. The number of phosphoric acid groups is 1. The van der Waals surface area contributed by atoms with Crippen LogP contribution in [0.5, 0.6) is 0 Å². The average Bonchev–Trinajstić information content (AvgIpc) is 3.30. The molecular weight excluding hydrogens is 870 g/mol. The van der Waals surface area contributed by atoms with Crippen molar-refractivity contribution in [1.29, 1.82) is 0 Å². The lowest BCUT2D eigenvalue weighted by atomic mass is 9.85. The fourth-order valence-corrected chi connectivity index (χ4v) is 9.89. The number of hydrogen-bond donors (Lipinski definition) is 11. The molecule has 15 nitrogen and oxygen atoms in total. The minimum absolute atomic E-state index is 0.127. The highest BCUT2D eigenvalue weighted by Gasteiger charge is 2.51. The normalized spacial score (nSPS) is 23.3. The molecule has 12 atom stereocenters. The predicted molar refractivity (Wildman–Crippen MR) is 260 cm³/mol. The molecule has 0 radical (unpaired) electrons. The van der Waals surface area contributed by atoms with E-state index < -0.39 is 87.4 Å². The SMILES string of the molecule is CCCCCCCCCCCCCCCCCCCCCC(O)C(O)C(=O)N[C@@H](COP(=O)(O)OC1[C@H](O)[C@H](O)C(O)[C@H](O)[C@H]1O)[C@H](O)C(O)CCCCCCCCCCCCCCCC. The minimum Gasteiger partial charge on any atom is -0.390 e. The lowest BCUT2D eigenvalue weighted by molar-refractivity contribution is -0.220. The second-order valence-electron chi connectivity index (χ2n) is 19.5. The summed E-state index contributed by atoms with van der Waals surface area (Å²) in [5.74, 6) is -1.11. The van der Waals surface area contributed by atoms with E-state index in [1.807, 2.05) is 0 Å². The lowest BCUT2D eigenvalue weighted by Gasteiger charge is -2.41. The smallest absolute Gasteiger partial charge is 0.390 e. The Morgan fingerprint density at radius 3 is 1.09 bits per heavy atom. The first-order valence-electron chi connectivity index (χ1n) is 26.8. The summed E-state index contributed by atoms with van der Waals surface area (Å²) in [5, 5.41) is 96.2. The van der Waals surface area contributed by atoms with Gasteiger partial charge in [-0.3, -0.25) is 13.8 Å². The summed E-state index contributed by atoms with van der Waals surface area (Å²) >= 11 is 0. The molecule has 0 aromatic carbocycles. The molecule has 1 aliphatic rings. The van der Waals surface area contributed by atoms with Crippen molar-refractivity contribution < 1.29 is 69.3 Å². The van der Waals surface area contributed by atoms with E-state index >= 15 is 0 Å². The molecule has 0 bridgehead atoms. The van der Waals surface area contributed by atoms with Gasteiger partial charge in [-0.05, 0) is 12.8 Å². The Labute approximate surface area is 399 Å². The van der Waals surface area contributed by atoms with Crippen molar-refractivity contribution in [2.75, 3.05) is 6.61 Å². The van der Waals surface area contributed by atoms with Gasteiger partial charge in [-0.1, -0.05) is 226 Å². The molecule has 66 heavy (non-hydrogen) atoms. The van der Waals surface area contributed by atoms with Gasteiger partial charge in [0.15, 0.2) is 6.10 Å². The van der Waals surface area contributed by atoms with Crippen LogP contribution in [-0.4, -0.2) is 130 Å². The van der Waals surface area contributed by atoms with Crippen molar-refractivity contribution >= 4 is 13.7 Å². The van der Waals surface area contributed by atoms with Crippen LogP contribution in [0.3, 0.4) is 0 Å². The third kappa shape index (κ3) is 29.4. The summed E-state index contributed by atoms with van der Waals surface area (Å²) in [6.07, 6.45) is 20.4. The van der Waals surface area contributed by atoms with Crippen LogP contribution >= 0.6 is 7.82 Å². The summed E-state index contributed by atoms with van der Waals surface area (Å²) in [5.41, 5.74) is 0. The fourth-order valence-electron chi connectivity index (χ4n) is 8.93. The largest absolute Gasteiger partial charge is 0.472 e. The number of nitrogens with one attached hydrogen (secondary N) is 1. The zero-order valence-corrected chi connectivity index (χ0v) is 42.3. The van der Waals surface area contributed by atoms with E-state index in [4.69, 9.17) is 9.05 Å². The first-order chi connectivity index (χ1) is 31.7. The molecule has 1 saturated carbocycles. The van der Waals surface area contributed by atoms with E-state index in [0.717, 1.165) is 51.4 Å². The van der Waals surface area contributed by atoms with Gasteiger partial charge in [0.25, 0.3) is 5.91 Å². The van der Waals surface area contributed by atoms with Crippen LogP contribution in [0.2, 0.25) is 0 Å². The Balaban J connectivity index is 2.54. The zero-order valence-electron chi connectivity index (χ0n) is 41.4. The van der Waals surface area contributed by atoms with Gasteiger partial charge in [0.2, 0.25) is 0 Å². The van der Waals surface area contributed by atoms with E-state index in [9.17, 15) is 60.2 Å². The van der Waals surface area contributed by atoms with E-state index in [-0.39, 0.29) is 12.8 Å². The molecule has 0 aliphatic heterocycles. The Hall–Kier alpha value is -0.780. The number of amides is 1. The van der Waals surface area contributed by atoms with E-state index in [0.29, 0.717) is 12.8 Å². The van der Waals surface area contributed by atoms with Gasteiger partial charge in [0.1, 0.15) is 42.7 Å². The zero-order chi connectivity index (χ0) is 49.0. The van der Waals surface area contributed by atoms with E-state index in [1.165, 1.54) is 148 Å². The molecule has 0 heterocycles. The number of aliphatic hydroxyl groups excluding tert-OH is 9. The monoisotopic (exact) mass is 970 g/mol. The summed E-state index contributed by atoms with van der Waals surface area (Å²) in [6.45, 7) is 3.51. The van der Waals surface area contributed by atoms with Crippen molar-refractivity contribution in [1.82, 2.24) is 5.32 Å². The quantitative estimate of drug-likeness (QED) is 0.0205. The van der Waals surface area contributed by atoms with Crippen molar-refractivity contribution in [3.63, 3.8) is 0 Å². The predicted octanol–water partition coefficient (Wildman–Crippen LogP) is 7.93. The number of carbonyl (C=O) groups is 1. The van der Waals surface area contributed by atoms with Crippen LogP contribution in [-0.2, 0) is 18.4 Å². The molecule has 1 amide bonds. The van der Waals surface area contributed by atoms with Crippen molar-refractivity contribution in [2.45, 2.75) is 306 Å².